The average molecular weight is 470 g/mol. The zero-order valence-electron chi connectivity index (χ0n) is 18.5. The van der Waals surface area contributed by atoms with Crippen molar-refractivity contribution in [3.63, 3.8) is 0 Å². The number of hydrogen-bond acceptors (Lipinski definition) is 5. The number of carbonyl (C=O) groups is 1. The zero-order valence-corrected chi connectivity index (χ0v) is 19.2. The molecule has 0 saturated carbocycles. The molecule has 7 heteroatoms. The van der Waals surface area contributed by atoms with Gasteiger partial charge in [-0.25, -0.2) is 4.79 Å². The Balaban J connectivity index is 1.50. The number of aliphatic hydroxyl groups is 1. The highest BCUT2D eigenvalue weighted by Gasteiger charge is 2.13. The fraction of sp³-hybridized carbons (Fsp3) is 0.269. The highest BCUT2D eigenvalue weighted by atomic mass is 35.5. The summed E-state index contributed by atoms with van der Waals surface area (Å²) < 4.78 is 11.4. The molecular weight excluding hydrogens is 442 g/mol. The predicted molar refractivity (Wildman–Crippen MR) is 129 cm³/mol. The summed E-state index contributed by atoms with van der Waals surface area (Å²) in [7, 11) is 0. The standard InChI is InChI=1S/C26H28ClNO5/c1-2-13-33-25-16-19(8-11-23(25)26(30)31)18-6-9-22(10-7-18)32-14-12-28-17-24(29)20-4-3-5-21(27)15-20/h3-11,15-16,24,28-29H,2,12-14,17H2,1H3,(H,30,31)/t24-/m1/s1. The Kier molecular flexibility index (Phi) is 9.13. The van der Waals surface area contributed by atoms with Crippen molar-refractivity contribution in [2.45, 2.75) is 19.4 Å². The van der Waals surface area contributed by atoms with Gasteiger partial charge in [-0.05, 0) is 59.5 Å². The smallest absolute Gasteiger partial charge is 0.339 e. The van der Waals surface area contributed by atoms with Crippen LogP contribution in [-0.2, 0) is 0 Å². The van der Waals surface area contributed by atoms with Gasteiger partial charge in [-0.2, -0.15) is 0 Å². The van der Waals surface area contributed by atoms with Gasteiger partial charge in [0.2, 0.25) is 0 Å². The first kappa shape index (κ1) is 24.6. The van der Waals surface area contributed by atoms with Crippen LogP contribution in [0.15, 0.2) is 66.7 Å². The fourth-order valence-corrected chi connectivity index (χ4v) is 3.46. The van der Waals surface area contributed by atoms with Crippen LogP contribution in [0.3, 0.4) is 0 Å². The van der Waals surface area contributed by atoms with Gasteiger partial charge in [-0.15, -0.1) is 0 Å². The number of ether oxygens (including phenoxy) is 2. The quantitative estimate of drug-likeness (QED) is 0.316. The number of carboxylic acid groups (broad SMARTS) is 1. The third-order valence-corrected chi connectivity index (χ3v) is 5.22. The Bertz CT molecular complexity index is 1050. The monoisotopic (exact) mass is 469 g/mol. The second-order valence-corrected chi connectivity index (χ2v) is 7.95. The van der Waals surface area contributed by atoms with E-state index in [0.717, 1.165) is 28.9 Å². The van der Waals surface area contributed by atoms with E-state index in [-0.39, 0.29) is 5.56 Å². The summed E-state index contributed by atoms with van der Waals surface area (Å²) in [6.45, 7) is 3.86. The van der Waals surface area contributed by atoms with E-state index < -0.39 is 12.1 Å². The maximum atomic E-state index is 11.4. The number of rotatable bonds is 12. The Morgan fingerprint density at radius 3 is 2.45 bits per heavy atom. The van der Waals surface area contributed by atoms with Crippen LogP contribution in [-0.4, -0.2) is 42.5 Å². The minimum atomic E-state index is -1.01. The molecule has 0 unspecified atom stereocenters. The lowest BCUT2D eigenvalue weighted by Gasteiger charge is -2.13. The molecule has 0 aliphatic rings. The van der Waals surface area contributed by atoms with Crippen LogP contribution in [0.5, 0.6) is 11.5 Å². The van der Waals surface area contributed by atoms with Crippen LogP contribution >= 0.6 is 11.6 Å². The van der Waals surface area contributed by atoms with Crippen molar-refractivity contribution in [2.75, 3.05) is 26.3 Å². The molecule has 0 fully saturated rings. The Morgan fingerprint density at radius 2 is 1.76 bits per heavy atom. The van der Waals surface area contributed by atoms with E-state index in [4.69, 9.17) is 21.1 Å². The maximum Gasteiger partial charge on any atom is 0.339 e. The molecule has 1 atom stereocenters. The summed E-state index contributed by atoms with van der Waals surface area (Å²) in [6.07, 6.45) is 0.158. The highest BCUT2D eigenvalue weighted by Crippen LogP contribution is 2.29. The summed E-state index contributed by atoms with van der Waals surface area (Å²) in [6, 6.07) is 19.8. The SMILES string of the molecule is CCCOc1cc(-c2ccc(OCCNC[C@@H](O)c3cccc(Cl)c3)cc2)ccc1C(=O)O. The van der Waals surface area contributed by atoms with Crippen LogP contribution in [0.2, 0.25) is 5.02 Å². The van der Waals surface area contributed by atoms with Crippen molar-refractivity contribution in [1.29, 1.82) is 0 Å². The van der Waals surface area contributed by atoms with E-state index in [1.807, 2.05) is 43.3 Å². The Hall–Kier alpha value is -3.06. The first-order valence-electron chi connectivity index (χ1n) is 10.9. The summed E-state index contributed by atoms with van der Waals surface area (Å²) in [5.74, 6) is 0.0823. The molecule has 0 bridgehead atoms. The number of aliphatic hydroxyl groups excluding tert-OH is 1. The zero-order chi connectivity index (χ0) is 23.6. The van der Waals surface area contributed by atoms with Gasteiger partial charge >= 0.3 is 5.97 Å². The minimum absolute atomic E-state index is 0.153. The maximum absolute atomic E-state index is 11.4. The van der Waals surface area contributed by atoms with Gasteiger partial charge in [0.05, 0.1) is 12.7 Å². The average Bonchev–Trinajstić information content (AvgIpc) is 2.82. The van der Waals surface area contributed by atoms with Gasteiger partial charge in [-0.3, -0.25) is 0 Å². The molecule has 0 heterocycles. The molecule has 6 nitrogen and oxygen atoms in total. The number of halogens is 1. The highest BCUT2D eigenvalue weighted by molar-refractivity contribution is 6.30. The van der Waals surface area contributed by atoms with Crippen LogP contribution in [0.25, 0.3) is 11.1 Å². The van der Waals surface area contributed by atoms with Gasteiger partial charge in [-0.1, -0.05) is 48.9 Å². The summed E-state index contributed by atoms with van der Waals surface area (Å²) in [4.78, 5) is 11.4. The molecular formula is C26H28ClNO5. The van der Waals surface area contributed by atoms with Gasteiger partial charge in [0.25, 0.3) is 0 Å². The van der Waals surface area contributed by atoms with E-state index in [1.165, 1.54) is 0 Å². The van der Waals surface area contributed by atoms with Gasteiger partial charge in [0.1, 0.15) is 23.7 Å². The molecule has 0 radical (unpaired) electrons. The molecule has 0 amide bonds. The van der Waals surface area contributed by atoms with Crippen LogP contribution in [0.1, 0.15) is 35.4 Å². The summed E-state index contributed by atoms with van der Waals surface area (Å²) in [5, 5.41) is 23.3. The molecule has 0 aromatic heterocycles. The van der Waals surface area contributed by atoms with Gasteiger partial charge in [0.15, 0.2) is 0 Å². The molecule has 0 aliphatic carbocycles. The lowest BCUT2D eigenvalue weighted by molar-refractivity contribution is 0.0692. The topological polar surface area (TPSA) is 88.0 Å². The van der Waals surface area contributed by atoms with Crippen LogP contribution < -0.4 is 14.8 Å². The van der Waals surface area contributed by atoms with Crippen molar-refractivity contribution in [3.05, 3.63) is 82.9 Å². The molecule has 3 rings (SSSR count). The molecule has 3 aromatic rings. The van der Waals surface area contributed by atoms with Crippen LogP contribution in [0, 0.1) is 0 Å². The number of nitrogens with one attached hydrogen (secondary N) is 1. The molecule has 3 N–H and O–H groups in total. The van der Waals surface area contributed by atoms with Gasteiger partial charge < -0.3 is 25.0 Å². The van der Waals surface area contributed by atoms with E-state index in [2.05, 4.69) is 5.32 Å². The van der Waals surface area contributed by atoms with Crippen molar-refractivity contribution >= 4 is 17.6 Å². The normalized spacial score (nSPS) is 11.7. The fourth-order valence-electron chi connectivity index (χ4n) is 3.27. The second kappa shape index (κ2) is 12.3. The minimum Gasteiger partial charge on any atom is -0.493 e. The number of hydrogen-bond donors (Lipinski definition) is 3. The number of carboxylic acids is 1. The predicted octanol–water partition coefficient (Wildman–Crippen LogP) is 5.20. The van der Waals surface area contributed by atoms with Crippen molar-refractivity contribution in [3.8, 4) is 22.6 Å². The lowest BCUT2D eigenvalue weighted by Crippen LogP contribution is -2.26. The second-order valence-electron chi connectivity index (χ2n) is 7.51. The largest absolute Gasteiger partial charge is 0.493 e. The third kappa shape index (κ3) is 7.22. The molecule has 33 heavy (non-hydrogen) atoms. The summed E-state index contributed by atoms with van der Waals surface area (Å²) in [5.41, 5.74) is 2.73. The number of benzene rings is 3. The van der Waals surface area contributed by atoms with Crippen molar-refractivity contribution < 1.29 is 24.5 Å². The van der Waals surface area contributed by atoms with Crippen molar-refractivity contribution in [1.82, 2.24) is 5.32 Å². The third-order valence-electron chi connectivity index (χ3n) is 4.98. The first-order valence-corrected chi connectivity index (χ1v) is 11.2. The Labute approximate surface area is 198 Å². The molecule has 3 aromatic carbocycles. The van der Waals surface area contributed by atoms with Gasteiger partial charge in [0, 0.05) is 18.1 Å². The molecule has 174 valence electrons. The molecule has 0 spiro atoms. The lowest BCUT2D eigenvalue weighted by atomic mass is 10.0. The van der Waals surface area contributed by atoms with E-state index in [0.29, 0.717) is 37.1 Å². The van der Waals surface area contributed by atoms with E-state index in [9.17, 15) is 15.0 Å². The summed E-state index contributed by atoms with van der Waals surface area (Å²) >= 11 is 5.96. The first-order chi connectivity index (χ1) is 16.0. The molecule has 0 aliphatic heterocycles. The Morgan fingerprint density at radius 1 is 1.00 bits per heavy atom. The molecule has 0 saturated heterocycles. The van der Waals surface area contributed by atoms with Crippen LogP contribution in [0.4, 0.5) is 0 Å². The van der Waals surface area contributed by atoms with E-state index >= 15 is 0 Å². The van der Waals surface area contributed by atoms with E-state index in [1.54, 1.807) is 30.3 Å². The van der Waals surface area contributed by atoms with Crippen molar-refractivity contribution in [2.24, 2.45) is 0 Å². The number of aromatic carboxylic acids is 1.